The van der Waals surface area contributed by atoms with Crippen molar-refractivity contribution in [2.45, 2.75) is 237 Å². The van der Waals surface area contributed by atoms with Crippen molar-refractivity contribution in [2.75, 3.05) is 13.2 Å². The molecule has 8 atom stereocenters. The molecule has 2 saturated heterocycles. The molecule has 2 aromatic carbocycles. The van der Waals surface area contributed by atoms with Crippen LogP contribution in [0.2, 0.25) is 0 Å². The van der Waals surface area contributed by atoms with Crippen LogP contribution in [0, 0.1) is 0 Å². The first-order valence-corrected chi connectivity index (χ1v) is 29.6. The molecule has 2 aliphatic rings. The summed E-state index contributed by atoms with van der Waals surface area (Å²) in [6, 6.07) is 17.4. The van der Waals surface area contributed by atoms with Crippen LogP contribution in [0.4, 0.5) is 0 Å². The van der Waals surface area contributed by atoms with Gasteiger partial charge < -0.3 is 29.0 Å². The Bertz CT molecular complexity index is 1940. The van der Waals surface area contributed by atoms with Crippen molar-refractivity contribution in [3.8, 4) is 0 Å². The molecule has 3 N–H and O–H groups in total. The van der Waals surface area contributed by atoms with Gasteiger partial charge in [0.25, 0.3) is 0 Å². The number of fused-ring (bicyclic) bond motifs is 1. The fourth-order valence-corrected chi connectivity index (χ4v) is 10.2. The number of ether oxygens (including phenoxy) is 5. The lowest BCUT2D eigenvalue weighted by Gasteiger charge is -2.47. The number of nitrogens with one attached hydrogen (secondary N) is 1. The molecule has 0 spiro atoms. The lowest BCUT2D eigenvalue weighted by Crippen LogP contribution is -2.64. The lowest BCUT2D eigenvalue weighted by molar-refractivity contribution is -0.355. The normalized spacial score (nSPS) is 21.5. The molecule has 71 heavy (non-hydrogen) atoms. The number of allylic oxidation sites excluding steroid dienone is 1. The number of amides is 1. The molecular weight excluding hydrogens is 951 g/mol. The molecule has 404 valence electrons. The molecule has 2 aromatic rings. The van der Waals surface area contributed by atoms with Gasteiger partial charge in [-0.3, -0.25) is 13.9 Å². The Labute approximate surface area is 426 Å². The fraction of sp³-hybridized carbons (Fsp3) is 0.722. The summed E-state index contributed by atoms with van der Waals surface area (Å²) in [7, 11) is -10.6. The first-order chi connectivity index (χ1) is 34.4. The van der Waals surface area contributed by atoms with Crippen LogP contribution in [0.25, 0.3) is 0 Å². The minimum atomic E-state index is -5.33. The molecule has 0 aromatic heterocycles. The first kappa shape index (κ1) is 60.7. The first-order valence-electron chi connectivity index (χ1n) is 26.9. The molecule has 0 saturated carbocycles. The van der Waals surface area contributed by atoms with Crippen LogP contribution in [-0.2, 0) is 64.2 Å². The Hall–Kier alpha value is -2.81. The summed E-state index contributed by atoms with van der Waals surface area (Å²) < 4.78 is 110. The molecule has 0 radical (unpaired) electrons. The van der Waals surface area contributed by atoms with Crippen molar-refractivity contribution < 1.29 is 62.8 Å². The molecule has 2 heterocycles. The Morgan fingerprint density at radius 3 is 1.69 bits per heavy atom. The maximum absolute atomic E-state index is 13.8. The maximum atomic E-state index is 13.8. The average molecular weight is 1040 g/mol. The van der Waals surface area contributed by atoms with Gasteiger partial charge in [0.15, 0.2) is 18.7 Å². The molecular formula is C54H87NO14S2. The van der Waals surface area contributed by atoms with Gasteiger partial charge in [0.05, 0.1) is 32.0 Å². The molecule has 15 nitrogen and oxygen atoms in total. The second-order valence-corrected chi connectivity index (χ2v) is 21.3. The average Bonchev–Trinajstić information content (AvgIpc) is 3.34. The SMILES string of the molecule is CCCCCCCCCCCCC/C=C/[C@@H](OCc1ccccc1)[C@H](CO[C@@H]1O[C@H]2COC(c3ccccc3)O[C@H]2[C@H](OS(=O)(=O)O)[C@@H]1OS(=O)(=O)O)NC(=O)CCCCCCCCCCCCCCC. The number of carbonyl (C=O) groups excluding carboxylic acids is 1. The van der Waals surface area contributed by atoms with Crippen molar-refractivity contribution >= 4 is 26.7 Å². The Morgan fingerprint density at radius 2 is 1.15 bits per heavy atom. The van der Waals surface area contributed by atoms with Gasteiger partial charge in [0.1, 0.15) is 18.3 Å². The van der Waals surface area contributed by atoms with E-state index >= 15 is 0 Å². The molecule has 0 bridgehead atoms. The minimum absolute atomic E-state index is 0.194. The van der Waals surface area contributed by atoms with Crippen LogP contribution in [0.5, 0.6) is 0 Å². The van der Waals surface area contributed by atoms with Gasteiger partial charge in [0.2, 0.25) is 5.91 Å². The molecule has 4 rings (SSSR count). The fourth-order valence-electron chi connectivity index (χ4n) is 9.18. The van der Waals surface area contributed by atoms with Crippen LogP contribution in [0.15, 0.2) is 72.8 Å². The highest BCUT2D eigenvalue weighted by atomic mass is 32.3. The lowest BCUT2D eigenvalue weighted by atomic mass is 9.98. The summed E-state index contributed by atoms with van der Waals surface area (Å²) in [6.45, 7) is 4.11. The maximum Gasteiger partial charge on any atom is 0.397 e. The van der Waals surface area contributed by atoms with Crippen molar-refractivity contribution in [2.24, 2.45) is 0 Å². The molecule has 2 fully saturated rings. The number of carbonyl (C=O) groups is 1. The van der Waals surface area contributed by atoms with E-state index in [1.165, 1.54) is 109 Å². The van der Waals surface area contributed by atoms with Gasteiger partial charge in [-0.2, -0.15) is 16.8 Å². The summed E-state index contributed by atoms with van der Waals surface area (Å²) in [5.74, 6) is -0.238. The number of hydrogen-bond donors (Lipinski definition) is 3. The predicted octanol–water partition coefficient (Wildman–Crippen LogP) is 12.0. The van der Waals surface area contributed by atoms with Crippen LogP contribution < -0.4 is 5.32 Å². The summed E-state index contributed by atoms with van der Waals surface area (Å²) in [6.07, 6.45) is 23.6. The van der Waals surface area contributed by atoms with E-state index in [0.717, 1.165) is 50.5 Å². The van der Waals surface area contributed by atoms with Crippen molar-refractivity contribution in [3.63, 3.8) is 0 Å². The Balaban J connectivity index is 1.48. The third-order valence-corrected chi connectivity index (χ3v) is 14.0. The van der Waals surface area contributed by atoms with E-state index in [-0.39, 0.29) is 32.1 Å². The monoisotopic (exact) mass is 1040 g/mol. The second kappa shape index (κ2) is 35.4. The standard InChI is InChI=1S/C54H87NO14S2/c1-3-5-7-9-11-13-15-17-19-21-23-25-33-39-47(63-41-44-35-29-27-30-36-44)46(55-49(56)40-34-26-24-22-20-18-16-14-12-10-8-6-4-2)42-64-54-52(69-71(60,61)62)51(68-70(57,58)59)50-48(66-54)43-65-53(67-50)45-37-31-28-32-38-45/h27-33,35-39,46-48,50-54H,3-26,34,40-43H2,1-2H3,(H,55,56)(H,57,58,59)(H,60,61,62)/b39-33+/t46-,47+,48-,50+,51-,52-,53?,54+/m0/s1. The summed E-state index contributed by atoms with van der Waals surface area (Å²) in [5, 5.41) is 3.11. The second-order valence-electron chi connectivity index (χ2n) is 19.2. The third-order valence-electron chi connectivity index (χ3n) is 13.1. The third kappa shape index (κ3) is 26.3. The number of unbranched alkanes of at least 4 members (excludes halogenated alkanes) is 23. The number of benzene rings is 2. The molecule has 1 unspecified atom stereocenters. The molecule has 17 heteroatoms. The van der Waals surface area contributed by atoms with Gasteiger partial charge >= 0.3 is 20.8 Å². The van der Waals surface area contributed by atoms with Crippen molar-refractivity contribution in [3.05, 3.63) is 83.9 Å². The van der Waals surface area contributed by atoms with E-state index in [1.54, 1.807) is 30.3 Å². The van der Waals surface area contributed by atoms with Gasteiger partial charge in [-0.1, -0.05) is 228 Å². The zero-order valence-electron chi connectivity index (χ0n) is 42.7. The number of rotatable bonds is 40. The Kier molecular flexibility index (Phi) is 30.3. The van der Waals surface area contributed by atoms with E-state index in [9.17, 15) is 30.7 Å². The zero-order chi connectivity index (χ0) is 51.0. The van der Waals surface area contributed by atoms with E-state index in [0.29, 0.717) is 12.0 Å². The van der Waals surface area contributed by atoms with Crippen LogP contribution >= 0.6 is 0 Å². The van der Waals surface area contributed by atoms with Gasteiger partial charge in [-0.25, -0.2) is 8.37 Å². The van der Waals surface area contributed by atoms with Crippen LogP contribution in [-0.4, -0.2) is 87.9 Å². The van der Waals surface area contributed by atoms with Crippen molar-refractivity contribution in [1.29, 1.82) is 0 Å². The van der Waals surface area contributed by atoms with Crippen molar-refractivity contribution in [1.82, 2.24) is 5.32 Å². The summed E-state index contributed by atoms with van der Waals surface area (Å²) in [5.41, 5.74) is 1.45. The quantitative estimate of drug-likeness (QED) is 0.0323. The van der Waals surface area contributed by atoms with E-state index in [4.69, 9.17) is 32.1 Å². The predicted molar refractivity (Wildman–Crippen MR) is 275 cm³/mol. The summed E-state index contributed by atoms with van der Waals surface area (Å²) in [4.78, 5) is 13.8. The van der Waals surface area contributed by atoms with Crippen LogP contribution in [0.3, 0.4) is 0 Å². The van der Waals surface area contributed by atoms with Gasteiger partial charge in [-0.15, -0.1) is 0 Å². The van der Waals surface area contributed by atoms with E-state index in [2.05, 4.69) is 19.2 Å². The highest BCUT2D eigenvalue weighted by molar-refractivity contribution is 7.81. The summed E-state index contributed by atoms with van der Waals surface area (Å²) >= 11 is 0. The molecule has 2 aliphatic heterocycles. The molecule has 0 aliphatic carbocycles. The van der Waals surface area contributed by atoms with E-state index < -0.39 is 69.9 Å². The number of hydrogen-bond acceptors (Lipinski definition) is 12. The topological polar surface area (TPSA) is 202 Å². The van der Waals surface area contributed by atoms with E-state index in [1.807, 2.05) is 42.5 Å². The largest absolute Gasteiger partial charge is 0.397 e. The highest BCUT2D eigenvalue weighted by Gasteiger charge is 2.55. The van der Waals surface area contributed by atoms with Gasteiger partial charge in [-0.05, 0) is 24.8 Å². The Morgan fingerprint density at radius 1 is 0.662 bits per heavy atom. The molecule has 1 amide bonds. The highest BCUT2D eigenvalue weighted by Crippen LogP contribution is 2.38. The van der Waals surface area contributed by atoms with Crippen LogP contribution in [0.1, 0.15) is 198 Å². The van der Waals surface area contributed by atoms with Gasteiger partial charge in [0, 0.05) is 12.0 Å². The minimum Gasteiger partial charge on any atom is -0.367 e. The smallest absolute Gasteiger partial charge is 0.367 e. The zero-order valence-corrected chi connectivity index (χ0v) is 44.3.